The molecule has 0 spiro atoms. The van der Waals surface area contributed by atoms with Crippen molar-refractivity contribution >= 4 is 17.9 Å². The second-order valence-electron chi connectivity index (χ2n) is 6.26. The number of nitrogens with zero attached hydrogens (tertiary/aromatic N) is 2. The van der Waals surface area contributed by atoms with E-state index in [2.05, 4.69) is 5.10 Å². The number of aromatic carboxylic acids is 1. The number of allylic oxidation sites excluding steroid dienone is 2. The highest BCUT2D eigenvalue weighted by atomic mass is 19.1. The minimum absolute atomic E-state index is 0.0359. The molecule has 3 rings (SSSR count). The normalized spacial score (nSPS) is 17.7. The van der Waals surface area contributed by atoms with E-state index in [-0.39, 0.29) is 17.7 Å². The van der Waals surface area contributed by atoms with Gasteiger partial charge in [-0.05, 0) is 31.5 Å². The summed E-state index contributed by atoms with van der Waals surface area (Å²) in [7, 11) is 0. The maximum Gasteiger partial charge on any atom is 0.354 e. The number of carboxylic acids is 3. The molecule has 3 N–H and O–H groups in total. The van der Waals surface area contributed by atoms with Crippen LogP contribution in [0.1, 0.15) is 23.8 Å². The van der Waals surface area contributed by atoms with Crippen LogP contribution in [0.15, 0.2) is 54.3 Å². The molecule has 8 nitrogen and oxygen atoms in total. The molecule has 0 radical (unpaired) electrons. The van der Waals surface area contributed by atoms with E-state index in [4.69, 9.17) is 15.3 Å². The molecule has 0 aliphatic heterocycles. The summed E-state index contributed by atoms with van der Waals surface area (Å²) in [6.45, 7) is 1.50. The summed E-state index contributed by atoms with van der Waals surface area (Å²) in [5.74, 6) is -5.11. The Morgan fingerprint density at radius 3 is 2.21 bits per heavy atom. The molecule has 0 fully saturated rings. The molecule has 0 amide bonds. The molecule has 1 unspecified atom stereocenters. The van der Waals surface area contributed by atoms with E-state index in [0.717, 1.165) is 24.4 Å². The fourth-order valence-electron chi connectivity index (χ4n) is 2.52. The number of halogens is 2. The Balaban J connectivity index is 0.000000212. The molecule has 1 aromatic carbocycles. The van der Waals surface area contributed by atoms with Gasteiger partial charge in [0.1, 0.15) is 5.69 Å². The summed E-state index contributed by atoms with van der Waals surface area (Å²) in [5, 5.41) is 29.9. The van der Waals surface area contributed by atoms with Gasteiger partial charge in [0.05, 0.1) is 11.6 Å². The topological polar surface area (TPSA) is 130 Å². The molecule has 0 bridgehead atoms. The molecule has 10 heteroatoms. The Labute approximate surface area is 163 Å². The smallest absolute Gasteiger partial charge is 0.354 e. The monoisotopic (exact) mass is 406 g/mol. The van der Waals surface area contributed by atoms with Crippen molar-refractivity contribution < 1.29 is 38.5 Å². The minimum Gasteiger partial charge on any atom is -0.481 e. The van der Waals surface area contributed by atoms with E-state index in [0.29, 0.717) is 4.68 Å². The molecule has 152 valence electrons. The highest BCUT2D eigenvalue weighted by Crippen LogP contribution is 2.31. The fraction of sp³-hybridized carbons (Fsp3) is 0.158. The maximum absolute atomic E-state index is 13.4. The van der Waals surface area contributed by atoms with Crippen molar-refractivity contribution in [1.29, 1.82) is 0 Å². The molecule has 1 aliphatic rings. The van der Waals surface area contributed by atoms with Crippen LogP contribution in [0.2, 0.25) is 0 Å². The van der Waals surface area contributed by atoms with Crippen LogP contribution >= 0.6 is 0 Å². The highest BCUT2D eigenvalue weighted by molar-refractivity contribution is 5.90. The van der Waals surface area contributed by atoms with Gasteiger partial charge in [-0.1, -0.05) is 24.3 Å². The van der Waals surface area contributed by atoms with Crippen molar-refractivity contribution in [3.63, 3.8) is 0 Å². The van der Waals surface area contributed by atoms with E-state index in [1.807, 2.05) is 0 Å². The fourth-order valence-corrected chi connectivity index (χ4v) is 2.52. The summed E-state index contributed by atoms with van der Waals surface area (Å²) >= 11 is 0. The zero-order valence-electron chi connectivity index (χ0n) is 15.0. The summed E-state index contributed by atoms with van der Waals surface area (Å²) in [4.78, 5) is 32.1. The molecule has 1 aliphatic carbocycles. The standard InChI is InChI=1S/C10H6F2N2O2.C9H10O4/c11-6-2-1-3-7(12)9(6)14-8(10(15)16)4-5-13-14;1-9(8(12)13)4-2-3-6(5-9)7(10)11/h1-5H,(H,15,16);2-4H,5H2,1H3,(H,10,11)(H,12,13). The first-order valence-electron chi connectivity index (χ1n) is 8.13. The van der Waals surface area contributed by atoms with Crippen molar-refractivity contribution in [2.75, 3.05) is 0 Å². The van der Waals surface area contributed by atoms with E-state index >= 15 is 0 Å². The Bertz CT molecular complexity index is 1010. The minimum atomic E-state index is -1.31. The lowest BCUT2D eigenvalue weighted by molar-refractivity contribution is -0.145. The molecule has 1 atom stereocenters. The molecule has 1 aromatic heterocycles. The van der Waals surface area contributed by atoms with Crippen LogP contribution in [0.5, 0.6) is 0 Å². The summed E-state index contributed by atoms with van der Waals surface area (Å²) in [6.07, 6.45) is 5.60. The number of aromatic nitrogens is 2. The second-order valence-corrected chi connectivity index (χ2v) is 6.26. The summed E-state index contributed by atoms with van der Waals surface area (Å²) in [5.41, 5.74) is -1.75. The van der Waals surface area contributed by atoms with E-state index < -0.39 is 40.6 Å². The molecular formula is C19H16F2N2O6. The second kappa shape index (κ2) is 8.46. The number of carbonyl (C=O) groups is 3. The van der Waals surface area contributed by atoms with Gasteiger partial charge in [0, 0.05) is 5.57 Å². The van der Waals surface area contributed by atoms with Gasteiger partial charge >= 0.3 is 17.9 Å². The van der Waals surface area contributed by atoms with Crippen molar-refractivity contribution in [2.45, 2.75) is 13.3 Å². The van der Waals surface area contributed by atoms with Gasteiger partial charge < -0.3 is 15.3 Å². The third kappa shape index (κ3) is 4.72. The number of benzene rings is 1. The van der Waals surface area contributed by atoms with Crippen LogP contribution in [0.4, 0.5) is 8.78 Å². The zero-order chi connectivity index (χ0) is 21.8. The number of hydrogen-bond donors (Lipinski definition) is 3. The van der Waals surface area contributed by atoms with Crippen LogP contribution < -0.4 is 0 Å². The first-order chi connectivity index (χ1) is 13.6. The van der Waals surface area contributed by atoms with Crippen LogP contribution in [0.3, 0.4) is 0 Å². The number of aliphatic carboxylic acids is 2. The van der Waals surface area contributed by atoms with Gasteiger partial charge in [0.25, 0.3) is 0 Å². The van der Waals surface area contributed by atoms with Crippen molar-refractivity contribution in [2.24, 2.45) is 5.41 Å². The molecule has 29 heavy (non-hydrogen) atoms. The van der Waals surface area contributed by atoms with Crippen molar-refractivity contribution in [3.05, 3.63) is 71.6 Å². The summed E-state index contributed by atoms with van der Waals surface area (Å²) in [6, 6.07) is 4.42. The van der Waals surface area contributed by atoms with Crippen LogP contribution in [0.25, 0.3) is 5.69 Å². The summed E-state index contributed by atoms with van der Waals surface area (Å²) < 4.78 is 27.4. The SMILES string of the molecule is CC1(C(=O)O)C=CC=C(C(=O)O)C1.O=C(O)c1ccnn1-c1c(F)cccc1F. The maximum atomic E-state index is 13.4. The van der Waals surface area contributed by atoms with Gasteiger partial charge in [-0.15, -0.1) is 0 Å². The lowest BCUT2D eigenvalue weighted by atomic mass is 9.80. The van der Waals surface area contributed by atoms with E-state index in [1.165, 1.54) is 31.2 Å². The predicted octanol–water partition coefficient (Wildman–Crippen LogP) is 2.90. The lowest BCUT2D eigenvalue weighted by Gasteiger charge is -2.23. The van der Waals surface area contributed by atoms with Gasteiger partial charge in [-0.2, -0.15) is 5.10 Å². The Morgan fingerprint density at radius 2 is 1.69 bits per heavy atom. The highest BCUT2D eigenvalue weighted by Gasteiger charge is 2.34. The molecule has 0 saturated heterocycles. The number of rotatable bonds is 4. The third-order valence-corrected chi connectivity index (χ3v) is 4.09. The van der Waals surface area contributed by atoms with Crippen molar-refractivity contribution in [3.8, 4) is 5.69 Å². The number of para-hydroxylation sites is 1. The zero-order valence-corrected chi connectivity index (χ0v) is 15.0. The van der Waals surface area contributed by atoms with Gasteiger partial charge in [0.2, 0.25) is 0 Å². The Morgan fingerprint density at radius 1 is 1.07 bits per heavy atom. The molecule has 2 aromatic rings. The van der Waals surface area contributed by atoms with Gasteiger partial charge in [-0.25, -0.2) is 23.1 Å². The Hall–Kier alpha value is -3.82. The first-order valence-corrected chi connectivity index (χ1v) is 8.13. The van der Waals surface area contributed by atoms with Crippen LogP contribution in [-0.2, 0) is 9.59 Å². The third-order valence-electron chi connectivity index (χ3n) is 4.09. The number of hydrogen-bond acceptors (Lipinski definition) is 4. The molecular weight excluding hydrogens is 390 g/mol. The largest absolute Gasteiger partial charge is 0.481 e. The van der Waals surface area contributed by atoms with Crippen molar-refractivity contribution in [1.82, 2.24) is 9.78 Å². The average molecular weight is 406 g/mol. The van der Waals surface area contributed by atoms with Crippen LogP contribution in [-0.4, -0.2) is 43.0 Å². The van der Waals surface area contributed by atoms with Crippen LogP contribution in [0, 0.1) is 17.0 Å². The van der Waals surface area contributed by atoms with Gasteiger partial charge in [-0.3, -0.25) is 4.79 Å². The molecule has 0 saturated carbocycles. The van der Waals surface area contributed by atoms with E-state index in [9.17, 15) is 23.2 Å². The Kier molecular flexibility index (Phi) is 6.27. The van der Waals surface area contributed by atoms with Gasteiger partial charge in [0.15, 0.2) is 17.3 Å². The lowest BCUT2D eigenvalue weighted by Crippen LogP contribution is -2.28. The average Bonchev–Trinajstić information content (AvgIpc) is 3.12. The first kappa shape index (κ1) is 21.5. The van der Waals surface area contributed by atoms with E-state index in [1.54, 1.807) is 0 Å². The molecule has 1 heterocycles. The predicted molar refractivity (Wildman–Crippen MR) is 95.7 cm³/mol. The quantitative estimate of drug-likeness (QED) is 0.712. The number of carboxylic acid groups (broad SMARTS) is 3.